The second-order valence-corrected chi connectivity index (χ2v) is 4.15. The Morgan fingerprint density at radius 1 is 1.22 bits per heavy atom. The predicted octanol–water partition coefficient (Wildman–Crippen LogP) is 2.10. The lowest BCUT2D eigenvalue weighted by molar-refractivity contribution is -0.121. The van der Waals surface area contributed by atoms with Crippen molar-refractivity contribution in [2.45, 2.75) is 0 Å². The molecule has 2 aromatic rings. The lowest BCUT2D eigenvalue weighted by Crippen LogP contribution is -2.36. The molecule has 1 aromatic heterocycles. The summed E-state index contributed by atoms with van der Waals surface area (Å²) in [6.07, 6.45) is 1.76. The number of fused-ring (bicyclic) bond motifs is 1. The summed E-state index contributed by atoms with van der Waals surface area (Å²) in [7, 11) is 1.71. The van der Waals surface area contributed by atoms with Gasteiger partial charge in [0.2, 0.25) is 0 Å². The lowest BCUT2D eigenvalue weighted by Gasteiger charge is -2.24. The van der Waals surface area contributed by atoms with Crippen LogP contribution in [0.4, 0.5) is 5.82 Å². The van der Waals surface area contributed by atoms with Gasteiger partial charge in [-0.05, 0) is 11.6 Å². The van der Waals surface area contributed by atoms with Gasteiger partial charge in [-0.15, -0.1) is 0 Å². The number of likely N-dealkylation sites (N-methyl/N-ethyl adjacent to an activating group) is 1. The number of carbonyl (C=O) groups is 1. The minimum absolute atomic E-state index is 0.0728. The number of anilines is 1. The van der Waals surface area contributed by atoms with Crippen LogP contribution >= 0.6 is 0 Å². The van der Waals surface area contributed by atoms with Gasteiger partial charge in [-0.25, -0.2) is 4.98 Å². The van der Waals surface area contributed by atoms with Crippen LogP contribution in [0.25, 0.3) is 11.1 Å². The molecule has 1 aromatic carbocycles. The summed E-state index contributed by atoms with van der Waals surface area (Å²) in [4.78, 5) is 17.3. The number of ether oxygens (including phenoxy) is 1. The highest BCUT2D eigenvalue weighted by Gasteiger charge is 2.23. The van der Waals surface area contributed by atoms with Crippen molar-refractivity contribution in [1.29, 1.82) is 0 Å². The summed E-state index contributed by atoms with van der Waals surface area (Å²) in [5.41, 5.74) is 2.06. The molecule has 0 spiro atoms. The summed E-state index contributed by atoms with van der Waals surface area (Å²) in [5.74, 6) is 1.15. The largest absolute Gasteiger partial charge is 0.480 e. The second-order valence-electron chi connectivity index (χ2n) is 4.15. The molecule has 0 aliphatic carbocycles. The first-order valence-corrected chi connectivity index (χ1v) is 5.70. The Morgan fingerprint density at radius 2 is 2.00 bits per heavy atom. The third kappa shape index (κ3) is 1.72. The van der Waals surface area contributed by atoms with Crippen LogP contribution in [0.15, 0.2) is 42.6 Å². The fraction of sp³-hybridized carbons (Fsp3) is 0.143. The Morgan fingerprint density at radius 3 is 2.78 bits per heavy atom. The highest BCUT2D eigenvalue weighted by molar-refractivity contribution is 5.96. The molecule has 0 fully saturated rings. The molecule has 4 nitrogen and oxygen atoms in total. The monoisotopic (exact) mass is 240 g/mol. The Labute approximate surface area is 105 Å². The third-order valence-electron chi connectivity index (χ3n) is 2.98. The van der Waals surface area contributed by atoms with E-state index in [1.165, 1.54) is 4.90 Å². The van der Waals surface area contributed by atoms with Gasteiger partial charge in [-0.2, -0.15) is 0 Å². The van der Waals surface area contributed by atoms with Crippen molar-refractivity contribution in [1.82, 2.24) is 4.98 Å². The van der Waals surface area contributed by atoms with E-state index in [0.717, 1.165) is 11.1 Å². The number of rotatable bonds is 1. The van der Waals surface area contributed by atoms with Gasteiger partial charge in [0.1, 0.15) is 0 Å². The van der Waals surface area contributed by atoms with Gasteiger partial charge in [0.15, 0.2) is 18.2 Å². The van der Waals surface area contributed by atoms with E-state index in [-0.39, 0.29) is 12.5 Å². The molecule has 0 unspecified atom stereocenters. The minimum Gasteiger partial charge on any atom is -0.480 e. The van der Waals surface area contributed by atoms with Crippen molar-refractivity contribution >= 4 is 11.7 Å². The van der Waals surface area contributed by atoms with Crippen molar-refractivity contribution in [2.24, 2.45) is 0 Å². The molecule has 1 aliphatic rings. The van der Waals surface area contributed by atoms with Gasteiger partial charge in [-0.3, -0.25) is 9.69 Å². The topological polar surface area (TPSA) is 42.4 Å². The van der Waals surface area contributed by atoms with E-state index < -0.39 is 0 Å². The maximum absolute atomic E-state index is 11.5. The highest BCUT2D eigenvalue weighted by atomic mass is 16.5. The molecular formula is C14H12N2O2. The molecule has 2 heterocycles. The molecule has 0 saturated carbocycles. The molecule has 0 N–H and O–H groups in total. The molecule has 18 heavy (non-hydrogen) atoms. The predicted molar refractivity (Wildman–Crippen MR) is 68.6 cm³/mol. The molecule has 0 atom stereocenters. The fourth-order valence-corrected chi connectivity index (χ4v) is 1.94. The number of nitrogens with zero attached hydrogens (tertiary/aromatic N) is 2. The van der Waals surface area contributed by atoms with E-state index in [0.29, 0.717) is 11.6 Å². The average molecular weight is 240 g/mol. The normalized spacial score (nSPS) is 14.1. The number of aromatic nitrogens is 1. The van der Waals surface area contributed by atoms with E-state index in [1.807, 2.05) is 36.4 Å². The summed E-state index contributed by atoms with van der Waals surface area (Å²) < 4.78 is 5.41. The number of hydrogen-bond donors (Lipinski definition) is 0. The summed E-state index contributed by atoms with van der Waals surface area (Å²) >= 11 is 0. The zero-order valence-electron chi connectivity index (χ0n) is 9.96. The molecule has 1 amide bonds. The summed E-state index contributed by atoms with van der Waals surface area (Å²) in [6, 6.07) is 11.9. The molecule has 0 bridgehead atoms. The number of pyridine rings is 1. The van der Waals surface area contributed by atoms with Crippen molar-refractivity contribution in [3.8, 4) is 16.9 Å². The van der Waals surface area contributed by atoms with E-state index in [9.17, 15) is 4.79 Å². The van der Waals surface area contributed by atoms with Gasteiger partial charge in [0.25, 0.3) is 5.91 Å². The van der Waals surface area contributed by atoms with Crippen molar-refractivity contribution in [3.63, 3.8) is 0 Å². The van der Waals surface area contributed by atoms with Crippen molar-refractivity contribution in [2.75, 3.05) is 18.6 Å². The van der Waals surface area contributed by atoms with E-state index in [1.54, 1.807) is 13.2 Å². The first-order chi connectivity index (χ1) is 8.75. The van der Waals surface area contributed by atoms with Gasteiger partial charge >= 0.3 is 0 Å². The van der Waals surface area contributed by atoms with Crippen molar-refractivity contribution in [3.05, 3.63) is 42.6 Å². The molecular weight excluding hydrogens is 228 g/mol. The van der Waals surface area contributed by atoms with Crippen LogP contribution in [0, 0.1) is 0 Å². The Kier molecular flexibility index (Phi) is 2.48. The molecule has 0 saturated heterocycles. The summed E-state index contributed by atoms with van der Waals surface area (Å²) in [5, 5.41) is 0. The minimum atomic E-state index is -0.0811. The first kappa shape index (κ1) is 10.8. The average Bonchev–Trinajstić information content (AvgIpc) is 2.44. The van der Waals surface area contributed by atoms with E-state index in [4.69, 9.17) is 4.74 Å². The highest BCUT2D eigenvalue weighted by Crippen LogP contribution is 2.32. The van der Waals surface area contributed by atoms with E-state index >= 15 is 0 Å². The van der Waals surface area contributed by atoms with E-state index in [2.05, 4.69) is 4.98 Å². The fourth-order valence-electron chi connectivity index (χ4n) is 1.94. The summed E-state index contributed by atoms with van der Waals surface area (Å²) in [6.45, 7) is 0.0728. The van der Waals surface area contributed by atoms with Crippen LogP contribution < -0.4 is 9.64 Å². The Bertz CT molecular complexity index is 596. The molecule has 3 rings (SSSR count). The first-order valence-electron chi connectivity index (χ1n) is 5.70. The molecule has 90 valence electrons. The quantitative estimate of drug-likeness (QED) is 0.766. The number of amides is 1. The standard InChI is InChI=1S/C14H12N2O2/c1-16-13(17)9-18-12-7-11(8-15-14(12)16)10-5-3-2-4-6-10/h2-8H,9H2,1H3. The second kappa shape index (κ2) is 4.14. The van der Waals surface area contributed by atoms with Crippen LogP contribution in [0.5, 0.6) is 5.75 Å². The van der Waals surface area contributed by atoms with Crippen LogP contribution in [0.2, 0.25) is 0 Å². The SMILES string of the molecule is CN1C(=O)COc2cc(-c3ccccc3)cnc21. The third-order valence-corrected chi connectivity index (χ3v) is 2.98. The van der Waals surface area contributed by atoms with Gasteiger partial charge in [0, 0.05) is 18.8 Å². The van der Waals surface area contributed by atoms with Gasteiger partial charge in [-0.1, -0.05) is 30.3 Å². The molecule has 4 heteroatoms. The van der Waals surface area contributed by atoms with Crippen LogP contribution in [0.3, 0.4) is 0 Å². The van der Waals surface area contributed by atoms with Crippen LogP contribution in [-0.4, -0.2) is 24.5 Å². The maximum Gasteiger partial charge on any atom is 0.265 e. The zero-order chi connectivity index (χ0) is 12.5. The Balaban J connectivity index is 2.05. The van der Waals surface area contributed by atoms with Gasteiger partial charge < -0.3 is 4.74 Å². The smallest absolute Gasteiger partial charge is 0.265 e. The van der Waals surface area contributed by atoms with Gasteiger partial charge in [0.05, 0.1) is 0 Å². The number of benzene rings is 1. The number of carbonyl (C=O) groups excluding carboxylic acids is 1. The molecule has 1 aliphatic heterocycles. The number of hydrogen-bond acceptors (Lipinski definition) is 3. The van der Waals surface area contributed by atoms with Crippen LogP contribution in [-0.2, 0) is 4.79 Å². The zero-order valence-corrected chi connectivity index (χ0v) is 9.96. The lowest BCUT2D eigenvalue weighted by atomic mass is 10.1. The molecule has 0 radical (unpaired) electrons. The van der Waals surface area contributed by atoms with Crippen LogP contribution in [0.1, 0.15) is 0 Å². The maximum atomic E-state index is 11.5. The van der Waals surface area contributed by atoms with Crippen molar-refractivity contribution < 1.29 is 9.53 Å². The Hall–Kier alpha value is -2.36.